The Kier molecular flexibility index (Phi) is 5.49. The molecule has 1 aromatic rings. The summed E-state index contributed by atoms with van der Waals surface area (Å²) in [4.78, 5) is 23.3. The molecular formula is C18H24N4O2. The van der Waals surface area contributed by atoms with E-state index < -0.39 is 0 Å². The van der Waals surface area contributed by atoms with Crippen molar-refractivity contribution in [3.63, 3.8) is 0 Å². The second-order valence-electron chi connectivity index (χ2n) is 6.99. The molecule has 0 aromatic heterocycles. The first-order chi connectivity index (χ1) is 11.3. The zero-order valence-corrected chi connectivity index (χ0v) is 14.6. The van der Waals surface area contributed by atoms with E-state index in [1.807, 2.05) is 12.1 Å². The fraction of sp³-hybridized carbons (Fsp3) is 0.444. The normalized spacial score (nSPS) is 17.8. The third kappa shape index (κ3) is 4.75. The summed E-state index contributed by atoms with van der Waals surface area (Å²) in [6, 6.07) is 8.06. The van der Waals surface area contributed by atoms with Crippen molar-refractivity contribution in [2.75, 3.05) is 0 Å². The molecule has 6 nitrogen and oxygen atoms in total. The number of nitrogens with one attached hydrogen (secondary N) is 2. The maximum Gasteiger partial charge on any atom is 0.248 e. The van der Waals surface area contributed by atoms with Gasteiger partial charge in [-0.15, -0.1) is 0 Å². The lowest BCUT2D eigenvalue weighted by atomic mass is 9.87. The molecule has 0 bridgehead atoms. The maximum absolute atomic E-state index is 11.8. The fourth-order valence-corrected chi connectivity index (χ4v) is 2.41. The monoisotopic (exact) mass is 328 g/mol. The van der Waals surface area contributed by atoms with Crippen LogP contribution in [-0.2, 0) is 15.0 Å². The highest BCUT2D eigenvalue weighted by molar-refractivity contribution is 6.07. The Bertz CT molecular complexity index is 669. The molecule has 1 atom stereocenters. The summed E-state index contributed by atoms with van der Waals surface area (Å²) in [6.45, 7) is 8.26. The molecule has 0 saturated heterocycles. The minimum atomic E-state index is -0.315. The van der Waals surface area contributed by atoms with E-state index in [0.717, 1.165) is 11.3 Å². The van der Waals surface area contributed by atoms with Crippen molar-refractivity contribution in [1.82, 2.24) is 10.9 Å². The van der Waals surface area contributed by atoms with Gasteiger partial charge in [-0.1, -0.05) is 45.0 Å². The van der Waals surface area contributed by atoms with E-state index >= 15 is 0 Å². The summed E-state index contributed by atoms with van der Waals surface area (Å²) in [5.74, 6) is -0.683. The Hall–Kier alpha value is -2.50. The summed E-state index contributed by atoms with van der Waals surface area (Å²) in [5.41, 5.74) is 7.89. The van der Waals surface area contributed by atoms with Crippen LogP contribution in [0.15, 0.2) is 34.5 Å². The molecule has 1 aromatic carbocycles. The lowest BCUT2D eigenvalue weighted by Gasteiger charge is -2.18. The number of rotatable bonds is 5. The average Bonchev–Trinajstić information content (AvgIpc) is 2.83. The second-order valence-corrected chi connectivity index (χ2v) is 6.99. The number of amides is 2. The van der Waals surface area contributed by atoms with Crippen LogP contribution in [-0.4, -0.2) is 23.7 Å². The third-order valence-electron chi connectivity index (χ3n) is 4.00. The number of benzene rings is 1. The lowest BCUT2D eigenvalue weighted by molar-refractivity contribution is -0.123. The van der Waals surface area contributed by atoms with Crippen LogP contribution in [0.3, 0.4) is 0 Å². The molecular weight excluding hydrogens is 304 g/mol. The largest absolute Gasteiger partial charge is 0.273 e. The van der Waals surface area contributed by atoms with Crippen LogP contribution in [0.1, 0.15) is 51.7 Å². The Morgan fingerprint density at radius 3 is 2.54 bits per heavy atom. The van der Waals surface area contributed by atoms with E-state index in [0.29, 0.717) is 6.42 Å². The van der Waals surface area contributed by atoms with Gasteiger partial charge in [-0.2, -0.15) is 10.2 Å². The molecule has 2 rings (SSSR count). The molecule has 128 valence electrons. The van der Waals surface area contributed by atoms with Gasteiger partial charge in [0.25, 0.3) is 0 Å². The highest BCUT2D eigenvalue weighted by Crippen LogP contribution is 2.21. The highest BCUT2D eigenvalue weighted by Gasteiger charge is 2.26. The van der Waals surface area contributed by atoms with Crippen LogP contribution in [0.2, 0.25) is 0 Å². The van der Waals surface area contributed by atoms with E-state index in [4.69, 9.17) is 0 Å². The quantitative estimate of drug-likeness (QED) is 0.642. The van der Waals surface area contributed by atoms with Crippen LogP contribution in [0.4, 0.5) is 0 Å². The fourth-order valence-electron chi connectivity index (χ4n) is 2.41. The molecule has 6 heteroatoms. The third-order valence-corrected chi connectivity index (χ3v) is 4.00. The highest BCUT2D eigenvalue weighted by atomic mass is 16.2. The minimum absolute atomic E-state index is 0.109. The maximum atomic E-state index is 11.8. The topological polar surface area (TPSA) is 82.9 Å². The van der Waals surface area contributed by atoms with E-state index in [-0.39, 0.29) is 29.6 Å². The van der Waals surface area contributed by atoms with Crippen molar-refractivity contribution in [1.29, 1.82) is 0 Å². The number of carbonyl (C=O) groups excluding carboxylic acids is 2. The Balaban J connectivity index is 1.80. The van der Waals surface area contributed by atoms with E-state index in [1.165, 1.54) is 5.56 Å². The molecule has 1 heterocycles. The van der Waals surface area contributed by atoms with Crippen molar-refractivity contribution in [3.05, 3.63) is 35.4 Å². The lowest BCUT2D eigenvalue weighted by Crippen LogP contribution is -2.25. The molecule has 0 fully saturated rings. The number of carbonyl (C=O) groups is 2. The average molecular weight is 328 g/mol. The molecule has 2 amide bonds. The van der Waals surface area contributed by atoms with Crippen molar-refractivity contribution >= 4 is 23.7 Å². The van der Waals surface area contributed by atoms with Gasteiger partial charge in [0.05, 0.1) is 12.1 Å². The number of hydrogen-bond donors (Lipinski definition) is 2. The predicted molar refractivity (Wildman–Crippen MR) is 94.9 cm³/mol. The summed E-state index contributed by atoms with van der Waals surface area (Å²) in [7, 11) is 0. The summed E-state index contributed by atoms with van der Waals surface area (Å²) >= 11 is 0. The van der Waals surface area contributed by atoms with Gasteiger partial charge in [0.15, 0.2) is 0 Å². The number of hydrogen-bond acceptors (Lipinski definition) is 4. The van der Waals surface area contributed by atoms with E-state index in [2.05, 4.69) is 54.0 Å². The van der Waals surface area contributed by atoms with Gasteiger partial charge < -0.3 is 0 Å². The summed E-state index contributed by atoms with van der Waals surface area (Å²) in [5, 5.41) is 7.82. The van der Waals surface area contributed by atoms with Gasteiger partial charge in [-0.05, 0) is 29.9 Å². The first kappa shape index (κ1) is 17.8. The van der Waals surface area contributed by atoms with E-state index in [1.54, 1.807) is 13.1 Å². The summed E-state index contributed by atoms with van der Waals surface area (Å²) < 4.78 is 0. The standard InChI is InChI=1S/C18H24N4O2/c1-12-15(17(24)22-20-12)9-10-16(23)21-19-11-13-5-7-14(8-6-13)18(2,3)4/h5-8,11,15H,9-10H2,1-4H3,(H,21,23)(H,22,24)/b19-11-. The summed E-state index contributed by atoms with van der Waals surface area (Å²) in [6.07, 6.45) is 2.27. The molecule has 1 aliphatic rings. The van der Waals surface area contributed by atoms with Crippen LogP contribution in [0, 0.1) is 5.92 Å². The van der Waals surface area contributed by atoms with Crippen LogP contribution in [0.5, 0.6) is 0 Å². The number of nitrogens with zero attached hydrogens (tertiary/aromatic N) is 2. The van der Waals surface area contributed by atoms with Gasteiger partial charge in [-0.3, -0.25) is 9.59 Å². The molecule has 0 saturated carbocycles. The van der Waals surface area contributed by atoms with Crippen molar-refractivity contribution in [2.24, 2.45) is 16.1 Å². The number of hydrazone groups is 2. The molecule has 1 aliphatic heterocycles. The molecule has 0 radical (unpaired) electrons. The first-order valence-electron chi connectivity index (χ1n) is 8.04. The zero-order valence-electron chi connectivity index (χ0n) is 14.6. The van der Waals surface area contributed by atoms with Gasteiger partial charge in [0.2, 0.25) is 11.8 Å². The van der Waals surface area contributed by atoms with Crippen LogP contribution in [0.25, 0.3) is 0 Å². The molecule has 2 N–H and O–H groups in total. The SMILES string of the molecule is CC1=NNC(=O)C1CCC(=O)N/N=C\c1ccc(C(C)(C)C)cc1. The molecule has 0 spiro atoms. The van der Waals surface area contributed by atoms with Gasteiger partial charge in [0, 0.05) is 12.1 Å². The van der Waals surface area contributed by atoms with Crippen molar-refractivity contribution < 1.29 is 9.59 Å². The first-order valence-corrected chi connectivity index (χ1v) is 8.04. The van der Waals surface area contributed by atoms with Gasteiger partial charge in [0.1, 0.15) is 0 Å². The second kappa shape index (κ2) is 7.38. The van der Waals surface area contributed by atoms with Crippen LogP contribution >= 0.6 is 0 Å². The molecule has 0 aliphatic carbocycles. The van der Waals surface area contributed by atoms with Crippen molar-refractivity contribution in [2.45, 2.75) is 46.0 Å². The Morgan fingerprint density at radius 1 is 1.33 bits per heavy atom. The van der Waals surface area contributed by atoms with Gasteiger partial charge in [-0.25, -0.2) is 10.9 Å². The molecule has 24 heavy (non-hydrogen) atoms. The van der Waals surface area contributed by atoms with Crippen LogP contribution < -0.4 is 10.9 Å². The van der Waals surface area contributed by atoms with E-state index in [9.17, 15) is 9.59 Å². The smallest absolute Gasteiger partial charge is 0.248 e. The minimum Gasteiger partial charge on any atom is -0.273 e. The zero-order chi connectivity index (χ0) is 17.7. The van der Waals surface area contributed by atoms with Gasteiger partial charge >= 0.3 is 0 Å². The Labute approximate surface area is 142 Å². The predicted octanol–water partition coefficient (Wildman–Crippen LogP) is 2.34. The van der Waals surface area contributed by atoms with Crippen molar-refractivity contribution in [3.8, 4) is 0 Å². The Morgan fingerprint density at radius 2 is 2.00 bits per heavy atom. The molecule has 1 unspecified atom stereocenters.